The first-order valence-electron chi connectivity index (χ1n) is 5.79. The standard InChI is InChI=1S/C14H16O3/c1-2-3-4-7-12(15)11-6-5-8-13-14(11)17-10-9-16-13/h5-6,8,12,15H,4,7,9-10H2,1H3. The Labute approximate surface area is 101 Å². The van der Waals surface area contributed by atoms with E-state index in [1.807, 2.05) is 18.2 Å². The first-order chi connectivity index (χ1) is 8.33. The van der Waals surface area contributed by atoms with Crippen LogP contribution >= 0.6 is 0 Å². The molecular weight excluding hydrogens is 216 g/mol. The van der Waals surface area contributed by atoms with E-state index in [4.69, 9.17) is 9.47 Å². The van der Waals surface area contributed by atoms with Crippen LogP contribution < -0.4 is 9.47 Å². The molecule has 3 nitrogen and oxygen atoms in total. The zero-order chi connectivity index (χ0) is 12.1. The summed E-state index contributed by atoms with van der Waals surface area (Å²) in [6.07, 6.45) is 0.746. The summed E-state index contributed by atoms with van der Waals surface area (Å²) in [5.41, 5.74) is 0.792. The number of aliphatic hydroxyl groups excluding tert-OH is 1. The molecule has 1 aromatic carbocycles. The van der Waals surface area contributed by atoms with Crippen LogP contribution in [0.2, 0.25) is 0 Å². The molecule has 0 amide bonds. The fraction of sp³-hybridized carbons (Fsp3) is 0.429. The van der Waals surface area contributed by atoms with Crippen molar-refractivity contribution in [1.29, 1.82) is 0 Å². The van der Waals surface area contributed by atoms with Crippen molar-refractivity contribution in [3.05, 3.63) is 23.8 Å². The summed E-state index contributed by atoms with van der Waals surface area (Å²) in [6.45, 7) is 2.90. The summed E-state index contributed by atoms with van der Waals surface area (Å²) in [4.78, 5) is 0. The molecule has 0 aliphatic carbocycles. The molecule has 1 unspecified atom stereocenters. The van der Waals surface area contributed by atoms with E-state index in [0.29, 0.717) is 31.8 Å². The summed E-state index contributed by atoms with van der Waals surface area (Å²) in [6, 6.07) is 5.60. The largest absolute Gasteiger partial charge is 0.486 e. The van der Waals surface area contributed by atoms with Crippen LogP contribution in [0, 0.1) is 11.8 Å². The molecule has 90 valence electrons. The van der Waals surface area contributed by atoms with Gasteiger partial charge in [0.2, 0.25) is 0 Å². The van der Waals surface area contributed by atoms with Crippen LogP contribution in [0.5, 0.6) is 11.5 Å². The molecule has 3 heteroatoms. The summed E-state index contributed by atoms with van der Waals surface area (Å²) >= 11 is 0. The molecule has 1 N–H and O–H groups in total. The summed E-state index contributed by atoms with van der Waals surface area (Å²) < 4.78 is 11.0. The van der Waals surface area contributed by atoms with Gasteiger partial charge < -0.3 is 14.6 Å². The van der Waals surface area contributed by atoms with Gasteiger partial charge in [0.1, 0.15) is 13.2 Å². The van der Waals surface area contributed by atoms with Crippen molar-refractivity contribution in [2.75, 3.05) is 13.2 Å². The lowest BCUT2D eigenvalue weighted by Gasteiger charge is -2.22. The van der Waals surface area contributed by atoms with Gasteiger partial charge in [0.15, 0.2) is 11.5 Å². The fourth-order valence-corrected chi connectivity index (χ4v) is 1.85. The van der Waals surface area contributed by atoms with Crippen molar-refractivity contribution in [2.24, 2.45) is 0 Å². The molecule has 0 spiro atoms. The normalized spacial score (nSPS) is 14.7. The van der Waals surface area contributed by atoms with Crippen molar-refractivity contribution >= 4 is 0 Å². The second-order valence-corrected chi connectivity index (χ2v) is 3.85. The maximum atomic E-state index is 10.1. The lowest BCUT2D eigenvalue weighted by atomic mass is 10.0. The Kier molecular flexibility index (Phi) is 3.89. The Bertz CT molecular complexity index is 443. The third kappa shape index (κ3) is 2.72. The summed E-state index contributed by atoms with van der Waals surface area (Å²) in [7, 11) is 0. The van der Waals surface area contributed by atoms with Gasteiger partial charge in [-0.15, -0.1) is 11.8 Å². The van der Waals surface area contributed by atoms with E-state index in [1.165, 1.54) is 0 Å². The van der Waals surface area contributed by atoms with Gasteiger partial charge in [-0.1, -0.05) is 12.1 Å². The highest BCUT2D eigenvalue weighted by atomic mass is 16.6. The molecular formula is C14H16O3. The predicted octanol–water partition coefficient (Wildman–Crippen LogP) is 2.29. The molecule has 0 aromatic heterocycles. The van der Waals surface area contributed by atoms with Crippen molar-refractivity contribution in [2.45, 2.75) is 25.9 Å². The minimum atomic E-state index is -0.549. The minimum Gasteiger partial charge on any atom is -0.486 e. The van der Waals surface area contributed by atoms with E-state index < -0.39 is 6.10 Å². The van der Waals surface area contributed by atoms with Crippen LogP contribution in [0.1, 0.15) is 31.4 Å². The van der Waals surface area contributed by atoms with Gasteiger partial charge >= 0.3 is 0 Å². The molecule has 2 rings (SSSR count). The Morgan fingerprint density at radius 2 is 2.18 bits per heavy atom. The van der Waals surface area contributed by atoms with E-state index in [9.17, 15) is 5.11 Å². The number of aliphatic hydroxyl groups is 1. The number of hydrogen-bond donors (Lipinski definition) is 1. The highest BCUT2D eigenvalue weighted by Crippen LogP contribution is 2.37. The van der Waals surface area contributed by atoms with Crippen molar-refractivity contribution < 1.29 is 14.6 Å². The molecule has 1 heterocycles. The monoisotopic (exact) mass is 232 g/mol. The predicted molar refractivity (Wildman–Crippen MR) is 65.1 cm³/mol. The zero-order valence-electron chi connectivity index (χ0n) is 9.90. The van der Waals surface area contributed by atoms with Crippen molar-refractivity contribution in [3.63, 3.8) is 0 Å². The Morgan fingerprint density at radius 3 is 3.00 bits per heavy atom. The van der Waals surface area contributed by atoms with Crippen molar-refractivity contribution in [3.8, 4) is 23.3 Å². The van der Waals surface area contributed by atoms with E-state index in [1.54, 1.807) is 6.92 Å². The Hall–Kier alpha value is -1.66. The molecule has 1 aliphatic rings. The SMILES string of the molecule is CC#CCCC(O)c1cccc2c1OCCO2. The number of rotatable bonds is 3. The lowest BCUT2D eigenvalue weighted by Crippen LogP contribution is -2.17. The average molecular weight is 232 g/mol. The first-order valence-corrected chi connectivity index (χ1v) is 5.79. The van der Waals surface area contributed by atoms with Gasteiger partial charge in [-0.3, -0.25) is 0 Å². The van der Waals surface area contributed by atoms with Gasteiger partial charge in [0.05, 0.1) is 6.10 Å². The number of benzene rings is 1. The van der Waals surface area contributed by atoms with Gasteiger partial charge in [-0.05, 0) is 19.4 Å². The molecule has 0 saturated carbocycles. The van der Waals surface area contributed by atoms with E-state index in [2.05, 4.69) is 11.8 Å². The second-order valence-electron chi connectivity index (χ2n) is 3.85. The van der Waals surface area contributed by atoms with Crippen molar-refractivity contribution in [1.82, 2.24) is 0 Å². The lowest BCUT2D eigenvalue weighted by molar-refractivity contribution is 0.142. The minimum absolute atomic E-state index is 0.533. The second kappa shape index (κ2) is 5.60. The summed E-state index contributed by atoms with van der Waals surface area (Å²) in [5, 5.41) is 10.1. The maximum absolute atomic E-state index is 10.1. The third-order valence-electron chi connectivity index (χ3n) is 2.68. The van der Waals surface area contributed by atoms with Crippen LogP contribution in [-0.2, 0) is 0 Å². The Balaban J connectivity index is 2.16. The molecule has 0 bridgehead atoms. The first kappa shape index (κ1) is 11.8. The van der Waals surface area contributed by atoms with Gasteiger partial charge in [-0.25, -0.2) is 0 Å². The van der Waals surface area contributed by atoms with Gasteiger partial charge in [-0.2, -0.15) is 0 Å². The molecule has 0 fully saturated rings. The number of para-hydroxylation sites is 1. The molecule has 0 saturated heterocycles. The molecule has 1 aromatic rings. The Morgan fingerprint density at radius 1 is 1.35 bits per heavy atom. The zero-order valence-corrected chi connectivity index (χ0v) is 9.90. The highest BCUT2D eigenvalue weighted by molar-refractivity contribution is 5.48. The van der Waals surface area contributed by atoms with Gasteiger partial charge in [0, 0.05) is 12.0 Å². The topological polar surface area (TPSA) is 38.7 Å². The third-order valence-corrected chi connectivity index (χ3v) is 2.68. The molecule has 17 heavy (non-hydrogen) atoms. The fourth-order valence-electron chi connectivity index (χ4n) is 1.85. The quantitative estimate of drug-likeness (QED) is 0.813. The smallest absolute Gasteiger partial charge is 0.167 e. The molecule has 0 radical (unpaired) electrons. The van der Waals surface area contributed by atoms with E-state index in [-0.39, 0.29) is 0 Å². The average Bonchev–Trinajstić information content (AvgIpc) is 2.38. The van der Waals surface area contributed by atoms with Crippen LogP contribution in [0.15, 0.2) is 18.2 Å². The number of fused-ring (bicyclic) bond motifs is 1. The van der Waals surface area contributed by atoms with Gasteiger partial charge in [0.25, 0.3) is 0 Å². The van der Waals surface area contributed by atoms with E-state index >= 15 is 0 Å². The van der Waals surface area contributed by atoms with Crippen LogP contribution in [0.4, 0.5) is 0 Å². The van der Waals surface area contributed by atoms with Crippen LogP contribution in [-0.4, -0.2) is 18.3 Å². The number of ether oxygens (including phenoxy) is 2. The molecule has 1 aliphatic heterocycles. The molecule has 1 atom stereocenters. The summed E-state index contributed by atoms with van der Waals surface area (Å²) in [5.74, 6) is 7.16. The van der Waals surface area contributed by atoms with Crippen LogP contribution in [0.25, 0.3) is 0 Å². The highest BCUT2D eigenvalue weighted by Gasteiger charge is 2.19. The van der Waals surface area contributed by atoms with Crippen LogP contribution in [0.3, 0.4) is 0 Å². The van der Waals surface area contributed by atoms with E-state index in [0.717, 1.165) is 11.3 Å². The number of hydrogen-bond acceptors (Lipinski definition) is 3. The maximum Gasteiger partial charge on any atom is 0.167 e.